The summed E-state index contributed by atoms with van der Waals surface area (Å²) in [6.45, 7) is 3.83. The first-order valence-electron chi connectivity index (χ1n) is 9.14. The molecule has 1 aliphatic heterocycles. The first kappa shape index (κ1) is 17.4. The molecular formula is C20H26FNO2. The zero-order chi connectivity index (χ0) is 16.9. The minimum Gasteiger partial charge on any atom is -0.352 e. The monoisotopic (exact) mass is 331 g/mol. The van der Waals surface area contributed by atoms with Crippen LogP contribution in [0.1, 0.15) is 62.5 Å². The number of halogens is 1. The molecule has 0 N–H and O–H groups in total. The highest BCUT2D eigenvalue weighted by molar-refractivity contribution is 5.34. The normalized spacial score (nSPS) is 30.7. The van der Waals surface area contributed by atoms with Gasteiger partial charge in [-0.2, -0.15) is 5.26 Å². The van der Waals surface area contributed by atoms with E-state index >= 15 is 0 Å². The van der Waals surface area contributed by atoms with Crippen molar-refractivity contribution in [2.75, 3.05) is 13.2 Å². The third-order valence-electron chi connectivity index (χ3n) is 5.43. The Morgan fingerprint density at radius 2 is 1.88 bits per heavy atom. The van der Waals surface area contributed by atoms with E-state index in [2.05, 4.69) is 6.92 Å². The second kappa shape index (κ2) is 8.09. The molecule has 4 heteroatoms. The fourth-order valence-electron chi connectivity index (χ4n) is 4.01. The van der Waals surface area contributed by atoms with Crippen LogP contribution >= 0.6 is 0 Å². The molecule has 3 nitrogen and oxygen atoms in total. The van der Waals surface area contributed by atoms with Gasteiger partial charge in [-0.15, -0.1) is 0 Å². The van der Waals surface area contributed by atoms with Crippen LogP contribution in [0.4, 0.5) is 4.39 Å². The Hall–Kier alpha value is -1.44. The second-order valence-corrected chi connectivity index (χ2v) is 7.15. The molecule has 130 valence electrons. The zero-order valence-corrected chi connectivity index (χ0v) is 14.3. The lowest BCUT2D eigenvalue weighted by Crippen LogP contribution is -2.38. The van der Waals surface area contributed by atoms with Crippen molar-refractivity contribution in [3.63, 3.8) is 0 Å². The molecule has 1 aliphatic carbocycles. The third kappa shape index (κ3) is 3.96. The van der Waals surface area contributed by atoms with E-state index in [1.165, 1.54) is 18.9 Å². The van der Waals surface area contributed by atoms with E-state index in [-0.39, 0.29) is 11.9 Å². The van der Waals surface area contributed by atoms with Crippen molar-refractivity contribution in [3.8, 4) is 6.07 Å². The van der Waals surface area contributed by atoms with Gasteiger partial charge in [0.2, 0.25) is 0 Å². The minimum absolute atomic E-state index is 0.0586. The van der Waals surface area contributed by atoms with Crippen LogP contribution < -0.4 is 0 Å². The van der Waals surface area contributed by atoms with Crippen molar-refractivity contribution in [2.24, 2.45) is 11.8 Å². The Labute approximate surface area is 143 Å². The number of hydrogen-bond donors (Lipinski definition) is 0. The SMILES string of the molecule is CCC[C@H]1CO[C@H](C2CCC(c3ccc(C#N)c(F)c3)CC2)OC1. The van der Waals surface area contributed by atoms with Gasteiger partial charge < -0.3 is 9.47 Å². The molecule has 0 unspecified atom stereocenters. The molecule has 1 saturated carbocycles. The summed E-state index contributed by atoms with van der Waals surface area (Å²) in [4.78, 5) is 0. The molecule has 1 aromatic carbocycles. The van der Waals surface area contributed by atoms with Gasteiger partial charge in [0, 0.05) is 11.8 Å². The van der Waals surface area contributed by atoms with Crippen LogP contribution in [0.15, 0.2) is 18.2 Å². The van der Waals surface area contributed by atoms with Crippen molar-refractivity contribution < 1.29 is 13.9 Å². The summed E-state index contributed by atoms with van der Waals surface area (Å²) in [6, 6.07) is 6.91. The number of nitrogens with zero attached hydrogens (tertiary/aromatic N) is 1. The summed E-state index contributed by atoms with van der Waals surface area (Å²) in [7, 11) is 0. The van der Waals surface area contributed by atoms with Crippen LogP contribution in [-0.4, -0.2) is 19.5 Å². The molecule has 0 aromatic heterocycles. The first-order chi connectivity index (χ1) is 11.7. The van der Waals surface area contributed by atoms with E-state index < -0.39 is 5.82 Å². The summed E-state index contributed by atoms with van der Waals surface area (Å²) < 4.78 is 25.7. The van der Waals surface area contributed by atoms with Crippen molar-refractivity contribution in [1.82, 2.24) is 0 Å². The molecule has 1 heterocycles. The van der Waals surface area contributed by atoms with Gasteiger partial charge in [0.25, 0.3) is 0 Å². The van der Waals surface area contributed by atoms with Crippen LogP contribution in [0.3, 0.4) is 0 Å². The molecule has 0 atom stereocenters. The number of hydrogen-bond acceptors (Lipinski definition) is 3. The standard InChI is InChI=1S/C20H26FNO2/c1-2-3-14-12-23-20(24-13-14)16-6-4-15(5-7-16)17-8-9-18(11-22)19(21)10-17/h8-10,14-16,20H,2-7,12-13H2,1H3/t14-,15?,16?,20-. The van der Waals surface area contributed by atoms with Crippen LogP contribution in [0.5, 0.6) is 0 Å². The van der Waals surface area contributed by atoms with Crippen LogP contribution in [0, 0.1) is 29.0 Å². The molecule has 1 saturated heterocycles. The van der Waals surface area contributed by atoms with E-state index in [0.717, 1.165) is 44.5 Å². The van der Waals surface area contributed by atoms with Crippen LogP contribution in [0.2, 0.25) is 0 Å². The van der Waals surface area contributed by atoms with Gasteiger partial charge >= 0.3 is 0 Å². The van der Waals surface area contributed by atoms with Crippen molar-refractivity contribution in [2.45, 2.75) is 57.7 Å². The van der Waals surface area contributed by atoms with E-state index in [9.17, 15) is 4.39 Å². The second-order valence-electron chi connectivity index (χ2n) is 7.15. The number of nitriles is 1. The minimum atomic E-state index is -0.405. The summed E-state index contributed by atoms with van der Waals surface area (Å²) >= 11 is 0. The highest BCUT2D eigenvalue weighted by atomic mass is 19.1. The average molecular weight is 331 g/mol. The van der Waals surface area contributed by atoms with Crippen molar-refractivity contribution in [1.29, 1.82) is 5.26 Å². The Morgan fingerprint density at radius 1 is 1.17 bits per heavy atom. The predicted octanol–water partition coefficient (Wildman–Crippen LogP) is 4.76. The van der Waals surface area contributed by atoms with E-state index in [4.69, 9.17) is 14.7 Å². The Bertz CT molecular complexity index is 582. The van der Waals surface area contributed by atoms with E-state index in [1.54, 1.807) is 6.07 Å². The lowest BCUT2D eigenvalue weighted by Gasteiger charge is -2.37. The largest absolute Gasteiger partial charge is 0.352 e. The van der Waals surface area contributed by atoms with Gasteiger partial charge in [-0.05, 0) is 55.7 Å². The predicted molar refractivity (Wildman–Crippen MR) is 89.9 cm³/mol. The van der Waals surface area contributed by atoms with Gasteiger partial charge in [0.15, 0.2) is 6.29 Å². The van der Waals surface area contributed by atoms with Gasteiger partial charge in [-0.1, -0.05) is 19.4 Å². The molecule has 24 heavy (non-hydrogen) atoms. The Morgan fingerprint density at radius 3 is 2.46 bits per heavy atom. The van der Waals surface area contributed by atoms with Crippen LogP contribution in [0.25, 0.3) is 0 Å². The molecule has 2 fully saturated rings. The van der Waals surface area contributed by atoms with E-state index in [1.807, 2.05) is 12.1 Å². The summed E-state index contributed by atoms with van der Waals surface area (Å²) in [6.07, 6.45) is 6.44. The lowest BCUT2D eigenvalue weighted by molar-refractivity contribution is -0.229. The summed E-state index contributed by atoms with van der Waals surface area (Å²) in [5, 5.41) is 8.83. The van der Waals surface area contributed by atoms with Crippen LogP contribution in [-0.2, 0) is 9.47 Å². The maximum absolute atomic E-state index is 13.8. The topological polar surface area (TPSA) is 42.2 Å². The molecule has 2 aliphatic rings. The quantitative estimate of drug-likeness (QED) is 0.799. The molecule has 0 amide bonds. The molecule has 1 aromatic rings. The Kier molecular flexibility index (Phi) is 5.86. The van der Waals surface area contributed by atoms with Crippen molar-refractivity contribution >= 4 is 0 Å². The summed E-state index contributed by atoms with van der Waals surface area (Å²) in [5.74, 6) is 0.967. The molecular weight excluding hydrogens is 305 g/mol. The molecule has 0 bridgehead atoms. The number of ether oxygens (including phenoxy) is 2. The average Bonchev–Trinajstić information content (AvgIpc) is 2.63. The fraction of sp³-hybridized carbons (Fsp3) is 0.650. The molecule has 3 rings (SSSR count). The Balaban J connectivity index is 1.51. The number of benzene rings is 1. The zero-order valence-electron chi connectivity index (χ0n) is 14.3. The number of rotatable bonds is 4. The third-order valence-corrected chi connectivity index (χ3v) is 5.43. The van der Waals surface area contributed by atoms with Gasteiger partial charge in [0.05, 0.1) is 18.8 Å². The van der Waals surface area contributed by atoms with Gasteiger partial charge in [0.1, 0.15) is 11.9 Å². The van der Waals surface area contributed by atoms with Gasteiger partial charge in [-0.25, -0.2) is 4.39 Å². The highest BCUT2D eigenvalue weighted by Gasteiger charge is 2.32. The maximum atomic E-state index is 13.8. The van der Waals surface area contributed by atoms with E-state index in [0.29, 0.717) is 17.8 Å². The molecule has 0 spiro atoms. The summed E-state index contributed by atoms with van der Waals surface area (Å²) in [5.41, 5.74) is 1.14. The fourth-order valence-corrected chi connectivity index (χ4v) is 4.01. The van der Waals surface area contributed by atoms with Gasteiger partial charge in [-0.3, -0.25) is 0 Å². The highest BCUT2D eigenvalue weighted by Crippen LogP contribution is 2.39. The smallest absolute Gasteiger partial charge is 0.160 e. The maximum Gasteiger partial charge on any atom is 0.160 e. The first-order valence-corrected chi connectivity index (χ1v) is 9.14. The van der Waals surface area contributed by atoms with Crippen molar-refractivity contribution in [3.05, 3.63) is 35.1 Å². The lowest BCUT2D eigenvalue weighted by atomic mass is 9.78. The molecule has 0 radical (unpaired) electrons.